The first-order valence-electron chi connectivity index (χ1n) is 6.58. The van der Waals surface area contributed by atoms with E-state index in [1.54, 1.807) is 11.3 Å². The molecule has 0 saturated carbocycles. The van der Waals surface area contributed by atoms with Crippen LogP contribution in [0.3, 0.4) is 0 Å². The molecule has 0 aromatic carbocycles. The second-order valence-electron chi connectivity index (χ2n) is 5.03. The zero-order valence-corrected chi connectivity index (χ0v) is 12.6. The SMILES string of the molecule is Cc1nc(CCNC(=O)NCC(O)CC(C)C)cs1. The van der Waals surface area contributed by atoms with Gasteiger partial charge < -0.3 is 15.7 Å². The molecule has 1 aromatic heterocycles. The summed E-state index contributed by atoms with van der Waals surface area (Å²) in [6.07, 6.45) is 0.942. The Kier molecular flexibility index (Phi) is 6.80. The van der Waals surface area contributed by atoms with E-state index in [2.05, 4.69) is 15.6 Å². The van der Waals surface area contributed by atoms with Crippen molar-refractivity contribution in [1.29, 1.82) is 0 Å². The Morgan fingerprint density at radius 2 is 2.21 bits per heavy atom. The first kappa shape index (κ1) is 15.9. The zero-order chi connectivity index (χ0) is 14.3. The molecular formula is C13H23N3O2S. The van der Waals surface area contributed by atoms with Gasteiger partial charge in [-0.05, 0) is 19.3 Å². The van der Waals surface area contributed by atoms with E-state index in [9.17, 15) is 9.90 Å². The van der Waals surface area contributed by atoms with Crippen molar-refractivity contribution in [3.63, 3.8) is 0 Å². The molecule has 0 bridgehead atoms. The first-order valence-corrected chi connectivity index (χ1v) is 7.46. The molecule has 19 heavy (non-hydrogen) atoms. The minimum absolute atomic E-state index is 0.241. The maximum Gasteiger partial charge on any atom is 0.314 e. The summed E-state index contributed by atoms with van der Waals surface area (Å²) < 4.78 is 0. The van der Waals surface area contributed by atoms with Gasteiger partial charge in [-0.1, -0.05) is 13.8 Å². The van der Waals surface area contributed by atoms with E-state index in [1.807, 2.05) is 26.2 Å². The maximum absolute atomic E-state index is 11.5. The molecule has 0 fully saturated rings. The summed E-state index contributed by atoms with van der Waals surface area (Å²) in [6.45, 7) is 6.89. The number of carbonyl (C=O) groups excluding carboxylic acids is 1. The van der Waals surface area contributed by atoms with Gasteiger partial charge in [0.05, 0.1) is 16.8 Å². The van der Waals surface area contributed by atoms with Crippen LogP contribution in [-0.4, -0.2) is 35.3 Å². The van der Waals surface area contributed by atoms with Gasteiger partial charge >= 0.3 is 6.03 Å². The van der Waals surface area contributed by atoms with E-state index in [1.165, 1.54) is 0 Å². The second-order valence-corrected chi connectivity index (χ2v) is 6.09. The Morgan fingerprint density at radius 3 is 2.79 bits per heavy atom. The van der Waals surface area contributed by atoms with Gasteiger partial charge in [0.15, 0.2) is 0 Å². The molecule has 0 aliphatic heterocycles. The Morgan fingerprint density at radius 1 is 1.47 bits per heavy atom. The van der Waals surface area contributed by atoms with Crippen LogP contribution in [0.25, 0.3) is 0 Å². The molecule has 3 N–H and O–H groups in total. The van der Waals surface area contributed by atoms with Crippen molar-refractivity contribution in [1.82, 2.24) is 15.6 Å². The Bertz CT molecular complexity index is 393. The highest BCUT2D eigenvalue weighted by Crippen LogP contribution is 2.07. The molecule has 2 amide bonds. The molecule has 1 atom stereocenters. The lowest BCUT2D eigenvalue weighted by Crippen LogP contribution is -2.40. The fourth-order valence-electron chi connectivity index (χ4n) is 1.73. The molecule has 1 aromatic rings. The second kappa shape index (κ2) is 8.12. The molecule has 1 heterocycles. The van der Waals surface area contributed by atoms with Crippen molar-refractivity contribution in [2.45, 2.75) is 39.7 Å². The van der Waals surface area contributed by atoms with E-state index < -0.39 is 6.10 Å². The van der Waals surface area contributed by atoms with Crippen molar-refractivity contribution < 1.29 is 9.90 Å². The molecule has 0 aliphatic carbocycles. The average Bonchev–Trinajstić information content (AvgIpc) is 2.71. The predicted octanol–water partition coefficient (Wildman–Crippen LogP) is 1.70. The van der Waals surface area contributed by atoms with Gasteiger partial charge in [-0.25, -0.2) is 9.78 Å². The number of nitrogens with one attached hydrogen (secondary N) is 2. The molecule has 6 heteroatoms. The molecule has 0 spiro atoms. The van der Waals surface area contributed by atoms with Crippen LogP contribution < -0.4 is 10.6 Å². The number of nitrogens with zero attached hydrogens (tertiary/aromatic N) is 1. The minimum Gasteiger partial charge on any atom is -0.391 e. The fraction of sp³-hybridized carbons (Fsp3) is 0.692. The maximum atomic E-state index is 11.5. The average molecular weight is 285 g/mol. The Balaban J connectivity index is 2.11. The zero-order valence-electron chi connectivity index (χ0n) is 11.8. The highest BCUT2D eigenvalue weighted by Gasteiger charge is 2.08. The third kappa shape index (κ3) is 7.12. The smallest absolute Gasteiger partial charge is 0.314 e. The van der Waals surface area contributed by atoms with E-state index in [-0.39, 0.29) is 6.03 Å². The monoisotopic (exact) mass is 285 g/mol. The highest BCUT2D eigenvalue weighted by molar-refractivity contribution is 7.09. The standard InChI is InChI=1S/C13H23N3O2S/c1-9(2)6-12(17)7-15-13(18)14-5-4-11-8-19-10(3)16-11/h8-9,12,17H,4-7H2,1-3H3,(H2,14,15,18). The number of hydrogen-bond acceptors (Lipinski definition) is 4. The quantitative estimate of drug-likeness (QED) is 0.714. The highest BCUT2D eigenvalue weighted by atomic mass is 32.1. The molecule has 108 valence electrons. The lowest BCUT2D eigenvalue weighted by molar-refractivity contribution is 0.147. The van der Waals surface area contributed by atoms with E-state index in [4.69, 9.17) is 0 Å². The molecule has 5 nitrogen and oxygen atoms in total. The van der Waals surface area contributed by atoms with Gasteiger partial charge in [-0.2, -0.15) is 0 Å². The number of aliphatic hydroxyl groups excluding tert-OH is 1. The topological polar surface area (TPSA) is 74.2 Å². The molecule has 1 unspecified atom stereocenters. The number of urea groups is 1. The van der Waals surface area contributed by atoms with Crippen LogP contribution in [0.2, 0.25) is 0 Å². The third-order valence-corrected chi connectivity index (χ3v) is 3.40. The fourth-order valence-corrected chi connectivity index (χ4v) is 2.37. The van der Waals surface area contributed by atoms with Crippen LogP contribution in [0.5, 0.6) is 0 Å². The van der Waals surface area contributed by atoms with Gasteiger partial charge in [0, 0.05) is 24.9 Å². The van der Waals surface area contributed by atoms with Crippen molar-refractivity contribution in [3.8, 4) is 0 Å². The van der Waals surface area contributed by atoms with Crippen LogP contribution in [-0.2, 0) is 6.42 Å². The van der Waals surface area contributed by atoms with Gasteiger partial charge in [-0.15, -0.1) is 11.3 Å². The van der Waals surface area contributed by atoms with Crippen molar-refractivity contribution in [3.05, 3.63) is 16.1 Å². The molecule has 1 rings (SSSR count). The lowest BCUT2D eigenvalue weighted by Gasteiger charge is -2.14. The molecule has 0 aliphatic rings. The summed E-state index contributed by atoms with van der Waals surface area (Å²) in [4.78, 5) is 15.8. The summed E-state index contributed by atoms with van der Waals surface area (Å²) in [6, 6.07) is -0.241. The van der Waals surface area contributed by atoms with E-state index in [0.717, 1.165) is 17.1 Å². The van der Waals surface area contributed by atoms with E-state index in [0.29, 0.717) is 25.4 Å². The van der Waals surface area contributed by atoms with Gasteiger partial charge in [0.25, 0.3) is 0 Å². The minimum atomic E-state index is -0.480. The van der Waals surface area contributed by atoms with Crippen LogP contribution >= 0.6 is 11.3 Å². The number of thiazole rings is 1. The number of aryl methyl sites for hydroxylation is 1. The number of carbonyl (C=O) groups is 1. The van der Waals surface area contributed by atoms with Gasteiger partial charge in [0.2, 0.25) is 0 Å². The number of aromatic nitrogens is 1. The van der Waals surface area contributed by atoms with Gasteiger partial charge in [-0.3, -0.25) is 0 Å². The van der Waals surface area contributed by atoms with Crippen LogP contribution in [0.1, 0.15) is 31.0 Å². The Hall–Kier alpha value is -1.14. The normalized spacial score (nSPS) is 12.5. The predicted molar refractivity (Wildman–Crippen MR) is 77.4 cm³/mol. The largest absolute Gasteiger partial charge is 0.391 e. The van der Waals surface area contributed by atoms with Crippen LogP contribution in [0.4, 0.5) is 4.79 Å². The van der Waals surface area contributed by atoms with Crippen LogP contribution in [0.15, 0.2) is 5.38 Å². The Labute approximate surface area is 118 Å². The summed E-state index contributed by atoms with van der Waals surface area (Å²) in [5, 5.41) is 18.1. The molecule has 0 saturated heterocycles. The van der Waals surface area contributed by atoms with Crippen LogP contribution in [0, 0.1) is 12.8 Å². The van der Waals surface area contributed by atoms with Crippen molar-refractivity contribution in [2.75, 3.05) is 13.1 Å². The van der Waals surface area contributed by atoms with Crippen molar-refractivity contribution in [2.24, 2.45) is 5.92 Å². The summed E-state index contributed by atoms with van der Waals surface area (Å²) in [5.74, 6) is 0.424. The number of amides is 2. The summed E-state index contributed by atoms with van der Waals surface area (Å²) >= 11 is 1.61. The van der Waals surface area contributed by atoms with Crippen molar-refractivity contribution >= 4 is 17.4 Å². The number of rotatable bonds is 7. The summed E-state index contributed by atoms with van der Waals surface area (Å²) in [7, 11) is 0. The number of hydrogen-bond donors (Lipinski definition) is 3. The molecular weight excluding hydrogens is 262 g/mol. The first-order chi connectivity index (χ1) is 8.97. The third-order valence-electron chi connectivity index (χ3n) is 2.57. The molecule has 0 radical (unpaired) electrons. The summed E-state index contributed by atoms with van der Waals surface area (Å²) in [5.41, 5.74) is 1.00. The lowest BCUT2D eigenvalue weighted by atomic mass is 10.1. The van der Waals surface area contributed by atoms with Gasteiger partial charge in [0.1, 0.15) is 0 Å². The van der Waals surface area contributed by atoms with E-state index >= 15 is 0 Å². The number of aliphatic hydroxyl groups is 1.